The fourth-order valence-electron chi connectivity index (χ4n) is 3.58. The SMILES string of the molecule is CC1=C(C(=O)OCOC(=O)C(C)(C)C)N2C(=O)C(c3nc4cc([N+](=O)[O-])ccc4[nH]3)[C@@H]2SC1. The zero-order valence-corrected chi connectivity index (χ0v) is 19.2. The number of nitro groups is 1. The lowest BCUT2D eigenvalue weighted by Crippen LogP contribution is -2.60. The minimum atomic E-state index is -0.744. The average Bonchev–Trinajstić information content (AvgIpc) is 3.15. The quantitative estimate of drug-likeness (QED) is 0.227. The molecule has 4 rings (SSSR count). The number of nitro benzene ring substituents is 1. The molecule has 0 radical (unpaired) electrons. The maximum Gasteiger partial charge on any atom is 0.357 e. The summed E-state index contributed by atoms with van der Waals surface area (Å²) < 4.78 is 10.1. The van der Waals surface area contributed by atoms with E-state index in [4.69, 9.17) is 9.47 Å². The number of ether oxygens (including phenoxy) is 2. The molecule has 33 heavy (non-hydrogen) atoms. The molecule has 0 bridgehead atoms. The van der Waals surface area contributed by atoms with Crippen molar-refractivity contribution in [3.8, 4) is 0 Å². The van der Waals surface area contributed by atoms with Crippen LogP contribution in [0.3, 0.4) is 0 Å². The Labute approximate surface area is 192 Å². The van der Waals surface area contributed by atoms with Crippen LogP contribution >= 0.6 is 11.8 Å². The molecular weight excluding hydrogens is 452 g/mol. The molecule has 0 spiro atoms. The van der Waals surface area contributed by atoms with Crippen molar-refractivity contribution < 1.29 is 28.8 Å². The van der Waals surface area contributed by atoms with E-state index in [9.17, 15) is 24.5 Å². The smallest absolute Gasteiger partial charge is 0.357 e. The van der Waals surface area contributed by atoms with Crippen molar-refractivity contribution in [2.45, 2.75) is 39.0 Å². The van der Waals surface area contributed by atoms with Gasteiger partial charge in [0.1, 0.15) is 22.8 Å². The first-order valence-electron chi connectivity index (χ1n) is 10.1. The molecule has 0 saturated carbocycles. The van der Waals surface area contributed by atoms with Crippen LogP contribution in [-0.4, -0.2) is 55.6 Å². The highest BCUT2D eigenvalue weighted by molar-refractivity contribution is 8.00. The number of imidazole rings is 1. The molecule has 1 N–H and O–H groups in total. The summed E-state index contributed by atoms with van der Waals surface area (Å²) in [6.45, 7) is 6.24. The number of carbonyl (C=O) groups is 3. The van der Waals surface area contributed by atoms with Gasteiger partial charge in [0.05, 0.1) is 21.4 Å². The predicted octanol–water partition coefficient (Wildman–Crippen LogP) is 2.83. The summed E-state index contributed by atoms with van der Waals surface area (Å²) in [5.41, 5.74) is 0.953. The third-order valence-corrected chi connectivity index (χ3v) is 6.76. The Morgan fingerprint density at radius 2 is 2.06 bits per heavy atom. The largest absolute Gasteiger partial charge is 0.427 e. The van der Waals surface area contributed by atoms with Crippen molar-refractivity contribution in [2.24, 2.45) is 5.41 Å². The Bertz CT molecular complexity index is 1210. The standard InChI is InChI=1S/C21H22N4O7S/c1-10-8-33-18-14(16-22-12-6-5-11(25(29)30)7-13(12)23-16)17(26)24(18)15(10)19(27)31-9-32-20(28)21(2,3)4/h5-7,14,18H,8-9H2,1-4H3,(H,22,23)/t14?,18-/m0/s1. The molecule has 1 unspecified atom stereocenters. The molecule has 2 aliphatic rings. The molecule has 2 aromatic rings. The van der Waals surface area contributed by atoms with Crippen LogP contribution in [0.5, 0.6) is 0 Å². The lowest BCUT2D eigenvalue weighted by Gasteiger charge is -2.48. The molecule has 1 aromatic heterocycles. The highest BCUT2D eigenvalue weighted by Crippen LogP contribution is 2.48. The lowest BCUT2D eigenvalue weighted by molar-refractivity contribution is -0.384. The number of aromatic nitrogens is 2. The molecular formula is C21H22N4O7S. The van der Waals surface area contributed by atoms with Crippen LogP contribution in [0.1, 0.15) is 39.4 Å². The average molecular weight is 474 g/mol. The van der Waals surface area contributed by atoms with Gasteiger partial charge in [-0.15, -0.1) is 11.8 Å². The predicted molar refractivity (Wildman–Crippen MR) is 118 cm³/mol. The number of aromatic amines is 1. The van der Waals surface area contributed by atoms with E-state index >= 15 is 0 Å². The molecule has 0 aliphatic carbocycles. The van der Waals surface area contributed by atoms with E-state index in [0.29, 0.717) is 28.2 Å². The lowest BCUT2D eigenvalue weighted by atomic mass is 9.95. The van der Waals surface area contributed by atoms with Crippen LogP contribution in [0.25, 0.3) is 11.0 Å². The molecule has 1 aromatic carbocycles. The number of amides is 1. The van der Waals surface area contributed by atoms with Crippen LogP contribution in [0.2, 0.25) is 0 Å². The van der Waals surface area contributed by atoms with Gasteiger partial charge in [-0.3, -0.25) is 24.6 Å². The monoisotopic (exact) mass is 474 g/mol. The number of nitrogens with one attached hydrogen (secondary N) is 1. The topological polar surface area (TPSA) is 145 Å². The Morgan fingerprint density at radius 3 is 2.73 bits per heavy atom. The summed E-state index contributed by atoms with van der Waals surface area (Å²) >= 11 is 1.48. The van der Waals surface area contributed by atoms with Gasteiger partial charge in [-0.25, -0.2) is 9.78 Å². The molecule has 174 valence electrons. The number of non-ortho nitro benzene ring substituents is 1. The van der Waals surface area contributed by atoms with Gasteiger partial charge in [-0.05, 0) is 39.3 Å². The third kappa shape index (κ3) is 4.06. The Hall–Kier alpha value is -3.41. The van der Waals surface area contributed by atoms with Crippen molar-refractivity contribution >= 4 is 46.3 Å². The molecule has 1 saturated heterocycles. The fraction of sp³-hybridized carbons (Fsp3) is 0.429. The second-order valence-electron chi connectivity index (χ2n) is 8.83. The minimum absolute atomic E-state index is 0.0927. The summed E-state index contributed by atoms with van der Waals surface area (Å²) in [5.74, 6) is -1.33. The van der Waals surface area contributed by atoms with Crippen molar-refractivity contribution in [1.29, 1.82) is 0 Å². The number of nitrogens with zero attached hydrogens (tertiary/aromatic N) is 3. The van der Waals surface area contributed by atoms with Gasteiger partial charge in [0.25, 0.3) is 5.69 Å². The normalized spacial score (nSPS) is 20.4. The number of thioether (sulfide) groups is 1. The summed E-state index contributed by atoms with van der Waals surface area (Å²) in [5, 5.41) is 10.6. The van der Waals surface area contributed by atoms with E-state index in [2.05, 4.69) is 9.97 Å². The summed E-state index contributed by atoms with van der Waals surface area (Å²) in [6, 6.07) is 4.25. The van der Waals surface area contributed by atoms with Gasteiger partial charge in [-0.2, -0.15) is 0 Å². The number of fused-ring (bicyclic) bond motifs is 2. The first kappa shape index (κ1) is 22.8. The van der Waals surface area contributed by atoms with E-state index in [-0.39, 0.29) is 22.7 Å². The maximum absolute atomic E-state index is 13.0. The highest BCUT2D eigenvalue weighted by atomic mass is 32.2. The molecule has 1 fully saturated rings. The number of benzene rings is 1. The van der Waals surface area contributed by atoms with Crippen LogP contribution < -0.4 is 0 Å². The highest BCUT2D eigenvalue weighted by Gasteiger charge is 2.55. The van der Waals surface area contributed by atoms with Gasteiger partial charge < -0.3 is 14.5 Å². The van der Waals surface area contributed by atoms with E-state index in [1.807, 2.05) is 0 Å². The van der Waals surface area contributed by atoms with Gasteiger partial charge in [0, 0.05) is 17.9 Å². The van der Waals surface area contributed by atoms with E-state index in [0.717, 1.165) is 0 Å². The van der Waals surface area contributed by atoms with Gasteiger partial charge >= 0.3 is 11.9 Å². The first-order valence-corrected chi connectivity index (χ1v) is 11.2. The fourth-order valence-corrected chi connectivity index (χ4v) is 4.93. The van der Waals surface area contributed by atoms with Crippen LogP contribution in [0.15, 0.2) is 29.5 Å². The summed E-state index contributed by atoms with van der Waals surface area (Å²) in [4.78, 5) is 56.9. The van der Waals surface area contributed by atoms with Crippen LogP contribution in [0, 0.1) is 15.5 Å². The minimum Gasteiger partial charge on any atom is -0.427 e. The van der Waals surface area contributed by atoms with Gasteiger partial charge in [0.15, 0.2) is 0 Å². The summed E-state index contributed by atoms with van der Waals surface area (Å²) in [7, 11) is 0. The zero-order chi connectivity index (χ0) is 24.1. The second-order valence-corrected chi connectivity index (χ2v) is 9.93. The van der Waals surface area contributed by atoms with Crippen LogP contribution in [0.4, 0.5) is 5.69 Å². The zero-order valence-electron chi connectivity index (χ0n) is 18.4. The molecule has 2 atom stereocenters. The molecule has 1 amide bonds. The van der Waals surface area contributed by atoms with E-state index < -0.39 is 35.0 Å². The molecule has 3 heterocycles. The van der Waals surface area contributed by atoms with Crippen molar-refractivity contribution in [3.63, 3.8) is 0 Å². The van der Waals surface area contributed by atoms with E-state index in [1.54, 1.807) is 33.8 Å². The second kappa shape index (κ2) is 8.18. The Morgan fingerprint density at radius 1 is 1.33 bits per heavy atom. The number of esters is 2. The number of hydrogen-bond donors (Lipinski definition) is 1. The van der Waals surface area contributed by atoms with E-state index in [1.165, 1.54) is 28.8 Å². The number of carbonyl (C=O) groups excluding carboxylic acids is 3. The number of rotatable bonds is 5. The number of H-pyrrole nitrogens is 1. The first-order chi connectivity index (χ1) is 15.5. The Balaban J connectivity index is 1.50. The summed E-state index contributed by atoms with van der Waals surface area (Å²) in [6.07, 6.45) is 0. The molecule has 12 heteroatoms. The number of β-lactam (4-membered cyclic amide) rings is 1. The molecule has 2 aliphatic heterocycles. The van der Waals surface area contributed by atoms with Crippen LogP contribution in [-0.2, 0) is 23.9 Å². The van der Waals surface area contributed by atoms with Crippen molar-refractivity contribution in [3.05, 3.63) is 45.4 Å². The van der Waals surface area contributed by atoms with Crippen molar-refractivity contribution in [1.82, 2.24) is 14.9 Å². The van der Waals surface area contributed by atoms with Gasteiger partial charge in [-0.1, -0.05) is 0 Å². The Kier molecular flexibility index (Phi) is 5.64. The van der Waals surface area contributed by atoms with Crippen molar-refractivity contribution in [2.75, 3.05) is 12.5 Å². The molecule has 11 nitrogen and oxygen atoms in total. The maximum atomic E-state index is 13.0. The van der Waals surface area contributed by atoms with Gasteiger partial charge in [0.2, 0.25) is 12.7 Å². The number of hydrogen-bond acceptors (Lipinski definition) is 9. The third-order valence-electron chi connectivity index (χ3n) is 5.33.